The van der Waals surface area contributed by atoms with E-state index in [9.17, 15) is 9.59 Å². The molecule has 0 aromatic heterocycles. The molecule has 0 aliphatic carbocycles. The first kappa shape index (κ1) is 12.3. The zero-order chi connectivity index (χ0) is 11.3. The highest BCUT2D eigenvalue weighted by Gasteiger charge is 2.18. The van der Waals surface area contributed by atoms with Gasteiger partial charge in [0.05, 0.1) is 0 Å². The molecule has 0 bridgehead atoms. The first-order valence-electron chi connectivity index (χ1n) is 4.96. The Hall–Kier alpha value is -0.810. The summed E-state index contributed by atoms with van der Waals surface area (Å²) in [5, 5.41) is 2.24. The third kappa shape index (κ3) is 4.05. The fourth-order valence-electron chi connectivity index (χ4n) is 1.48. The number of carbonyl (C=O) groups is 2. The fourth-order valence-corrected chi connectivity index (χ4v) is 1.55. The van der Waals surface area contributed by atoms with Gasteiger partial charge in [-0.1, -0.05) is 0 Å². The molecule has 1 saturated heterocycles. The number of nitrogens with zero attached hydrogens (tertiary/aromatic N) is 2. The molecule has 1 aliphatic rings. The predicted octanol–water partition coefficient (Wildman–Crippen LogP) is 0.0989. The highest BCUT2D eigenvalue weighted by atomic mass is 35.5. The minimum Gasteiger partial charge on any atom is -0.323 e. The molecule has 1 fully saturated rings. The lowest BCUT2D eigenvalue weighted by Crippen LogP contribution is -2.44. The second kappa shape index (κ2) is 5.92. The van der Waals surface area contributed by atoms with E-state index in [1.54, 1.807) is 4.90 Å². The number of amides is 3. The molecule has 15 heavy (non-hydrogen) atoms. The van der Waals surface area contributed by atoms with Gasteiger partial charge in [0.2, 0.25) is 5.91 Å². The summed E-state index contributed by atoms with van der Waals surface area (Å²) in [5.41, 5.74) is 0. The molecule has 3 amide bonds. The zero-order valence-electron chi connectivity index (χ0n) is 8.83. The standard InChI is InChI=1S/C9H16ClN3O2/c1-12-3-2-4-13(6-5-12)9(15)11-8(14)7-10/h2-7H2,1H3,(H,11,14,15). The minimum absolute atomic E-state index is 0.181. The number of imide groups is 1. The van der Waals surface area contributed by atoms with E-state index in [-0.39, 0.29) is 11.9 Å². The summed E-state index contributed by atoms with van der Waals surface area (Å²) in [6, 6.07) is -0.337. The van der Waals surface area contributed by atoms with Crippen molar-refractivity contribution in [3.05, 3.63) is 0 Å². The summed E-state index contributed by atoms with van der Waals surface area (Å²) >= 11 is 5.30. The van der Waals surface area contributed by atoms with E-state index in [0.717, 1.165) is 19.5 Å². The molecule has 0 saturated carbocycles. The van der Waals surface area contributed by atoms with Crippen LogP contribution in [0.1, 0.15) is 6.42 Å². The maximum absolute atomic E-state index is 11.5. The van der Waals surface area contributed by atoms with Gasteiger partial charge in [-0.05, 0) is 20.0 Å². The Bertz CT molecular complexity index is 248. The maximum atomic E-state index is 11.5. The number of carbonyl (C=O) groups excluding carboxylic acids is 2. The number of hydrogen-bond donors (Lipinski definition) is 1. The predicted molar refractivity (Wildman–Crippen MR) is 57.9 cm³/mol. The number of halogens is 1. The van der Waals surface area contributed by atoms with E-state index in [1.165, 1.54) is 0 Å². The number of rotatable bonds is 1. The normalized spacial score (nSPS) is 18.4. The molecule has 1 N–H and O–H groups in total. The Morgan fingerprint density at radius 2 is 2.00 bits per heavy atom. The van der Waals surface area contributed by atoms with E-state index in [4.69, 9.17) is 11.6 Å². The van der Waals surface area contributed by atoms with Crippen molar-refractivity contribution in [2.75, 3.05) is 39.1 Å². The lowest BCUT2D eigenvalue weighted by Gasteiger charge is -2.20. The molecule has 0 spiro atoms. The lowest BCUT2D eigenvalue weighted by atomic mass is 10.4. The zero-order valence-corrected chi connectivity index (χ0v) is 9.59. The average Bonchev–Trinajstić information content (AvgIpc) is 2.42. The van der Waals surface area contributed by atoms with Crippen molar-refractivity contribution in [1.82, 2.24) is 15.1 Å². The van der Waals surface area contributed by atoms with Gasteiger partial charge in [0.25, 0.3) is 0 Å². The third-order valence-electron chi connectivity index (χ3n) is 2.37. The number of alkyl halides is 1. The fraction of sp³-hybridized carbons (Fsp3) is 0.778. The Kier molecular flexibility index (Phi) is 4.84. The molecule has 6 heteroatoms. The van der Waals surface area contributed by atoms with Gasteiger partial charge in [-0.3, -0.25) is 10.1 Å². The van der Waals surface area contributed by atoms with Crippen molar-refractivity contribution in [3.63, 3.8) is 0 Å². The molecule has 86 valence electrons. The van der Waals surface area contributed by atoms with Crippen molar-refractivity contribution in [2.45, 2.75) is 6.42 Å². The molecule has 0 atom stereocenters. The van der Waals surface area contributed by atoms with E-state index in [2.05, 4.69) is 10.2 Å². The van der Waals surface area contributed by atoms with Crippen LogP contribution in [0.5, 0.6) is 0 Å². The van der Waals surface area contributed by atoms with Crippen LogP contribution in [0.2, 0.25) is 0 Å². The van der Waals surface area contributed by atoms with Crippen molar-refractivity contribution in [1.29, 1.82) is 0 Å². The van der Waals surface area contributed by atoms with Gasteiger partial charge in [0.15, 0.2) is 0 Å². The molecule has 1 aliphatic heterocycles. The summed E-state index contributed by atoms with van der Waals surface area (Å²) in [5.74, 6) is -0.626. The Balaban J connectivity index is 2.41. The third-order valence-corrected chi connectivity index (χ3v) is 2.62. The van der Waals surface area contributed by atoms with E-state index >= 15 is 0 Å². The molecule has 0 aromatic carbocycles. The minimum atomic E-state index is -0.445. The summed E-state index contributed by atoms with van der Waals surface area (Å²) < 4.78 is 0. The maximum Gasteiger partial charge on any atom is 0.324 e. The van der Waals surface area contributed by atoms with Crippen LogP contribution in [0.25, 0.3) is 0 Å². The molecule has 0 radical (unpaired) electrons. The topological polar surface area (TPSA) is 52.6 Å². The van der Waals surface area contributed by atoms with Crippen LogP contribution >= 0.6 is 11.6 Å². The number of urea groups is 1. The van der Waals surface area contributed by atoms with Gasteiger partial charge in [0, 0.05) is 19.6 Å². The van der Waals surface area contributed by atoms with Crippen LogP contribution in [-0.2, 0) is 4.79 Å². The molecular formula is C9H16ClN3O2. The van der Waals surface area contributed by atoms with Gasteiger partial charge in [-0.15, -0.1) is 11.6 Å². The van der Waals surface area contributed by atoms with Crippen LogP contribution in [0.15, 0.2) is 0 Å². The summed E-state index contributed by atoms with van der Waals surface area (Å²) in [6.45, 7) is 3.15. The van der Waals surface area contributed by atoms with Crippen LogP contribution < -0.4 is 5.32 Å². The molecule has 0 unspecified atom stereocenters. The van der Waals surface area contributed by atoms with Gasteiger partial charge in [-0.2, -0.15) is 0 Å². The van der Waals surface area contributed by atoms with Crippen LogP contribution in [-0.4, -0.2) is 60.8 Å². The van der Waals surface area contributed by atoms with E-state index < -0.39 is 5.91 Å². The summed E-state index contributed by atoms with van der Waals surface area (Å²) in [6.07, 6.45) is 0.930. The number of likely N-dealkylation sites (N-methyl/N-ethyl adjacent to an activating group) is 1. The quantitative estimate of drug-likeness (QED) is 0.654. The first-order valence-corrected chi connectivity index (χ1v) is 5.50. The highest BCUT2D eigenvalue weighted by molar-refractivity contribution is 6.28. The Morgan fingerprint density at radius 1 is 1.27 bits per heavy atom. The lowest BCUT2D eigenvalue weighted by molar-refractivity contribution is -0.117. The monoisotopic (exact) mass is 233 g/mol. The number of nitrogens with one attached hydrogen (secondary N) is 1. The van der Waals surface area contributed by atoms with Gasteiger partial charge in [-0.25, -0.2) is 4.79 Å². The Morgan fingerprint density at radius 3 is 2.67 bits per heavy atom. The Labute approximate surface area is 94.3 Å². The van der Waals surface area contributed by atoms with Gasteiger partial charge < -0.3 is 9.80 Å². The smallest absolute Gasteiger partial charge is 0.323 e. The molecular weight excluding hydrogens is 218 g/mol. The average molecular weight is 234 g/mol. The van der Waals surface area contributed by atoms with Gasteiger partial charge >= 0.3 is 6.03 Å². The van der Waals surface area contributed by atoms with E-state index in [1.807, 2.05) is 7.05 Å². The van der Waals surface area contributed by atoms with Crippen molar-refractivity contribution < 1.29 is 9.59 Å². The summed E-state index contributed by atoms with van der Waals surface area (Å²) in [7, 11) is 2.02. The van der Waals surface area contributed by atoms with Crippen LogP contribution in [0.3, 0.4) is 0 Å². The SMILES string of the molecule is CN1CCCN(C(=O)NC(=O)CCl)CC1. The molecule has 0 aromatic rings. The second-order valence-electron chi connectivity index (χ2n) is 3.63. The molecule has 1 heterocycles. The van der Waals surface area contributed by atoms with Gasteiger partial charge in [0.1, 0.15) is 5.88 Å². The van der Waals surface area contributed by atoms with Crippen molar-refractivity contribution in [2.24, 2.45) is 0 Å². The molecule has 5 nitrogen and oxygen atoms in total. The van der Waals surface area contributed by atoms with E-state index in [0.29, 0.717) is 13.1 Å². The number of hydrogen-bond acceptors (Lipinski definition) is 3. The van der Waals surface area contributed by atoms with Crippen molar-refractivity contribution >= 4 is 23.5 Å². The second-order valence-corrected chi connectivity index (χ2v) is 3.90. The van der Waals surface area contributed by atoms with Crippen LogP contribution in [0, 0.1) is 0 Å². The summed E-state index contributed by atoms with van der Waals surface area (Å²) in [4.78, 5) is 26.3. The highest BCUT2D eigenvalue weighted by Crippen LogP contribution is 2.01. The van der Waals surface area contributed by atoms with Crippen molar-refractivity contribution in [3.8, 4) is 0 Å². The first-order chi connectivity index (χ1) is 7.13. The van der Waals surface area contributed by atoms with Crippen LogP contribution in [0.4, 0.5) is 4.79 Å². The molecule has 1 rings (SSSR count). The largest absolute Gasteiger partial charge is 0.324 e.